The molecule has 138 valence electrons. The van der Waals surface area contributed by atoms with Gasteiger partial charge < -0.3 is 24.3 Å². The van der Waals surface area contributed by atoms with Crippen molar-refractivity contribution in [1.82, 2.24) is 9.88 Å². The van der Waals surface area contributed by atoms with E-state index in [1.807, 2.05) is 0 Å². The Labute approximate surface area is 151 Å². The lowest BCUT2D eigenvalue weighted by atomic mass is 10.2. The third kappa shape index (κ3) is 4.55. The van der Waals surface area contributed by atoms with Crippen molar-refractivity contribution in [2.75, 3.05) is 46.1 Å². The monoisotopic (exact) mass is 358 g/mol. The summed E-state index contributed by atoms with van der Waals surface area (Å²) in [5.41, 5.74) is 0.278. The zero-order chi connectivity index (χ0) is 18.4. The van der Waals surface area contributed by atoms with Crippen molar-refractivity contribution in [2.24, 2.45) is 0 Å². The molecule has 1 aromatic carbocycles. The number of H-pyrrole nitrogens is 1. The Morgan fingerprint density at radius 3 is 2.77 bits per heavy atom. The molecule has 1 aliphatic rings. The molecule has 0 saturated carbocycles. The van der Waals surface area contributed by atoms with Gasteiger partial charge in [0.2, 0.25) is 5.56 Å². The number of morpholine rings is 1. The first kappa shape index (κ1) is 18.3. The Morgan fingerprint density at radius 1 is 1.23 bits per heavy atom. The van der Waals surface area contributed by atoms with Crippen LogP contribution in [-0.2, 0) is 4.74 Å². The SMILES string of the molecule is C#CCOc1ccc(OCC(O)CN2CCOCC2)c2ccc(=O)[nH]c12. The summed E-state index contributed by atoms with van der Waals surface area (Å²) in [5, 5.41) is 10.9. The van der Waals surface area contributed by atoms with Crippen molar-refractivity contribution in [3.8, 4) is 23.8 Å². The number of rotatable bonds is 7. The van der Waals surface area contributed by atoms with Crippen LogP contribution in [0.4, 0.5) is 0 Å². The van der Waals surface area contributed by atoms with Crippen LogP contribution in [0.2, 0.25) is 0 Å². The van der Waals surface area contributed by atoms with Gasteiger partial charge in [-0.25, -0.2) is 0 Å². The van der Waals surface area contributed by atoms with Crippen LogP contribution < -0.4 is 15.0 Å². The number of pyridine rings is 1. The summed E-state index contributed by atoms with van der Waals surface area (Å²) in [6.45, 7) is 3.77. The number of terminal acetylenes is 1. The van der Waals surface area contributed by atoms with E-state index < -0.39 is 6.10 Å². The molecule has 0 amide bonds. The van der Waals surface area contributed by atoms with Crippen LogP contribution in [0.15, 0.2) is 29.1 Å². The molecule has 0 bridgehead atoms. The maximum atomic E-state index is 11.7. The molecule has 1 aromatic heterocycles. The predicted molar refractivity (Wildman–Crippen MR) is 97.7 cm³/mol. The molecule has 0 spiro atoms. The number of aliphatic hydroxyl groups excluding tert-OH is 1. The van der Waals surface area contributed by atoms with Crippen molar-refractivity contribution in [2.45, 2.75) is 6.10 Å². The van der Waals surface area contributed by atoms with E-state index in [1.54, 1.807) is 18.2 Å². The number of aromatic amines is 1. The molecule has 2 N–H and O–H groups in total. The molecule has 2 heterocycles. The first-order chi connectivity index (χ1) is 12.7. The van der Waals surface area contributed by atoms with E-state index in [4.69, 9.17) is 20.6 Å². The number of aliphatic hydroxyl groups is 1. The lowest BCUT2D eigenvalue weighted by Gasteiger charge is -2.28. The van der Waals surface area contributed by atoms with Crippen molar-refractivity contribution >= 4 is 10.9 Å². The van der Waals surface area contributed by atoms with Gasteiger partial charge in [-0.1, -0.05) is 5.92 Å². The molecular weight excluding hydrogens is 336 g/mol. The second-order valence-electron chi connectivity index (χ2n) is 6.04. The third-order valence-corrected chi connectivity index (χ3v) is 4.13. The standard InChI is InChI=1S/C19H22N2O5/c1-2-9-25-17-5-4-16(15-3-6-18(23)20-19(15)17)26-13-14(22)12-21-7-10-24-11-8-21/h1,3-6,14,22H,7-13H2,(H,20,23). The number of ether oxygens (including phenoxy) is 3. The number of nitrogens with one attached hydrogen (secondary N) is 1. The van der Waals surface area contributed by atoms with Crippen LogP contribution in [0.25, 0.3) is 10.9 Å². The molecule has 26 heavy (non-hydrogen) atoms. The van der Waals surface area contributed by atoms with Crippen LogP contribution in [0.5, 0.6) is 11.5 Å². The first-order valence-corrected chi connectivity index (χ1v) is 8.50. The summed E-state index contributed by atoms with van der Waals surface area (Å²) in [5.74, 6) is 3.44. The van der Waals surface area contributed by atoms with E-state index in [1.165, 1.54) is 6.07 Å². The molecule has 2 aromatic rings. The second kappa shape index (κ2) is 8.72. The normalized spacial score (nSPS) is 16.2. The Kier molecular flexibility index (Phi) is 6.12. The first-order valence-electron chi connectivity index (χ1n) is 8.50. The minimum atomic E-state index is -0.622. The zero-order valence-corrected chi connectivity index (χ0v) is 14.4. The summed E-state index contributed by atoms with van der Waals surface area (Å²) in [6, 6.07) is 6.53. The molecule has 1 saturated heterocycles. The minimum Gasteiger partial charge on any atom is -0.490 e. The highest BCUT2D eigenvalue weighted by Crippen LogP contribution is 2.31. The maximum Gasteiger partial charge on any atom is 0.248 e. The Balaban J connectivity index is 1.71. The van der Waals surface area contributed by atoms with Gasteiger partial charge in [-0.15, -0.1) is 6.42 Å². The van der Waals surface area contributed by atoms with Crippen LogP contribution in [0, 0.1) is 12.3 Å². The van der Waals surface area contributed by atoms with Gasteiger partial charge in [0.15, 0.2) is 0 Å². The number of benzene rings is 1. The Morgan fingerprint density at radius 2 is 2.00 bits per heavy atom. The summed E-state index contributed by atoms with van der Waals surface area (Å²) in [6.07, 6.45) is 4.60. The smallest absolute Gasteiger partial charge is 0.248 e. The van der Waals surface area contributed by atoms with Crippen LogP contribution in [0.3, 0.4) is 0 Å². The van der Waals surface area contributed by atoms with Gasteiger partial charge in [-0.2, -0.15) is 0 Å². The van der Waals surface area contributed by atoms with Gasteiger partial charge in [-0.3, -0.25) is 9.69 Å². The van der Waals surface area contributed by atoms with Crippen molar-refractivity contribution in [1.29, 1.82) is 0 Å². The highest BCUT2D eigenvalue weighted by atomic mass is 16.5. The third-order valence-electron chi connectivity index (χ3n) is 4.13. The average Bonchev–Trinajstić information content (AvgIpc) is 2.65. The van der Waals surface area contributed by atoms with Gasteiger partial charge in [0.05, 0.1) is 18.7 Å². The van der Waals surface area contributed by atoms with Crippen LogP contribution in [0.1, 0.15) is 0 Å². The zero-order valence-electron chi connectivity index (χ0n) is 14.4. The number of β-amino-alcohol motifs (C(OH)–C–C–N with tert-alkyl or cyclic N) is 1. The largest absolute Gasteiger partial charge is 0.490 e. The van der Waals surface area contributed by atoms with Gasteiger partial charge >= 0.3 is 0 Å². The van der Waals surface area contributed by atoms with E-state index in [0.29, 0.717) is 42.2 Å². The molecular formula is C19H22N2O5. The minimum absolute atomic E-state index is 0.102. The molecule has 1 aliphatic heterocycles. The molecule has 1 atom stereocenters. The van der Waals surface area contributed by atoms with Gasteiger partial charge in [0.25, 0.3) is 0 Å². The van der Waals surface area contributed by atoms with Gasteiger partial charge in [-0.05, 0) is 18.2 Å². The average molecular weight is 358 g/mol. The lowest BCUT2D eigenvalue weighted by Crippen LogP contribution is -2.42. The summed E-state index contributed by atoms with van der Waals surface area (Å²) < 4.78 is 16.6. The van der Waals surface area contributed by atoms with E-state index in [0.717, 1.165) is 13.1 Å². The topological polar surface area (TPSA) is 84.0 Å². The summed E-state index contributed by atoms with van der Waals surface area (Å²) in [7, 11) is 0. The number of hydrogen-bond acceptors (Lipinski definition) is 6. The molecule has 1 fully saturated rings. The summed E-state index contributed by atoms with van der Waals surface area (Å²) >= 11 is 0. The maximum absolute atomic E-state index is 11.7. The van der Waals surface area contributed by atoms with Crippen LogP contribution >= 0.6 is 0 Å². The van der Waals surface area contributed by atoms with Gasteiger partial charge in [0, 0.05) is 31.1 Å². The lowest BCUT2D eigenvalue weighted by molar-refractivity contribution is 0.00479. The number of nitrogens with zero attached hydrogens (tertiary/aromatic N) is 1. The molecule has 1 unspecified atom stereocenters. The molecule has 0 aliphatic carbocycles. The summed E-state index contributed by atoms with van der Waals surface area (Å²) in [4.78, 5) is 16.6. The fourth-order valence-corrected chi connectivity index (χ4v) is 2.88. The van der Waals surface area contributed by atoms with E-state index in [9.17, 15) is 9.90 Å². The molecule has 3 rings (SSSR count). The highest BCUT2D eigenvalue weighted by Gasteiger charge is 2.16. The van der Waals surface area contributed by atoms with Crippen molar-refractivity contribution < 1.29 is 19.3 Å². The van der Waals surface area contributed by atoms with E-state index >= 15 is 0 Å². The quantitative estimate of drug-likeness (QED) is 0.706. The molecule has 0 radical (unpaired) electrons. The second-order valence-corrected chi connectivity index (χ2v) is 6.04. The van der Waals surface area contributed by atoms with E-state index in [-0.39, 0.29) is 18.8 Å². The number of aromatic nitrogens is 1. The fraction of sp³-hybridized carbons (Fsp3) is 0.421. The molecule has 7 heteroatoms. The van der Waals surface area contributed by atoms with Crippen molar-refractivity contribution in [3.63, 3.8) is 0 Å². The van der Waals surface area contributed by atoms with E-state index in [2.05, 4.69) is 15.8 Å². The number of fused-ring (bicyclic) bond motifs is 1. The fourth-order valence-electron chi connectivity index (χ4n) is 2.88. The highest BCUT2D eigenvalue weighted by molar-refractivity contribution is 5.89. The van der Waals surface area contributed by atoms with Gasteiger partial charge in [0.1, 0.15) is 30.8 Å². The van der Waals surface area contributed by atoms with Crippen molar-refractivity contribution in [3.05, 3.63) is 34.6 Å². The van der Waals surface area contributed by atoms with Crippen LogP contribution in [-0.4, -0.2) is 67.2 Å². The number of hydrogen-bond donors (Lipinski definition) is 2. The Bertz CT molecular complexity index is 836. The predicted octanol–water partition coefficient (Wildman–Crippen LogP) is 0.612. The Hall–Kier alpha value is -2.53. The molecule has 7 nitrogen and oxygen atoms in total.